The second-order valence-electron chi connectivity index (χ2n) is 6.00. The Morgan fingerprint density at radius 2 is 1.73 bits per heavy atom. The summed E-state index contributed by atoms with van der Waals surface area (Å²) in [5.74, 6) is 2.86. The number of carbonyl (C=O) groups excluding carboxylic acids is 1. The fourth-order valence-electron chi connectivity index (χ4n) is 3.41. The first-order valence-electron chi connectivity index (χ1n) is 8.18. The Morgan fingerprint density at radius 1 is 1.00 bits per heavy atom. The number of fused-ring (bicyclic) bond motifs is 2. The molecule has 26 heavy (non-hydrogen) atoms. The van der Waals surface area contributed by atoms with Crippen molar-refractivity contribution in [1.82, 2.24) is 0 Å². The quantitative estimate of drug-likeness (QED) is 0.901. The molecule has 2 heterocycles. The van der Waals surface area contributed by atoms with E-state index in [0.717, 1.165) is 5.56 Å². The summed E-state index contributed by atoms with van der Waals surface area (Å²) in [6.45, 7) is 0.166. The van der Waals surface area contributed by atoms with Crippen LogP contribution in [0.1, 0.15) is 28.4 Å². The van der Waals surface area contributed by atoms with E-state index in [9.17, 15) is 4.79 Å². The van der Waals surface area contributed by atoms with Gasteiger partial charge in [0, 0.05) is 29.3 Å². The Morgan fingerprint density at radius 3 is 2.42 bits per heavy atom. The van der Waals surface area contributed by atoms with Gasteiger partial charge >= 0.3 is 0 Å². The molecule has 2 aliphatic rings. The molecule has 7 heteroatoms. The van der Waals surface area contributed by atoms with Gasteiger partial charge < -0.3 is 29.0 Å². The van der Waals surface area contributed by atoms with Crippen molar-refractivity contribution in [2.75, 3.05) is 33.4 Å². The third kappa shape index (κ3) is 2.47. The molecule has 0 fully saturated rings. The molecule has 1 N–H and O–H groups in total. The molecule has 0 aromatic heterocycles. The van der Waals surface area contributed by atoms with Gasteiger partial charge in [0.1, 0.15) is 0 Å². The van der Waals surface area contributed by atoms with Crippen molar-refractivity contribution >= 4 is 11.5 Å². The van der Waals surface area contributed by atoms with Crippen LogP contribution in [0, 0.1) is 0 Å². The number of methoxy groups -OCH3 is 3. The molecule has 136 valence electrons. The van der Waals surface area contributed by atoms with Crippen LogP contribution in [0.15, 0.2) is 24.3 Å². The van der Waals surface area contributed by atoms with E-state index < -0.39 is 0 Å². The Balaban J connectivity index is 1.75. The second kappa shape index (κ2) is 6.33. The number of nitrogens with one attached hydrogen (secondary N) is 1. The first kappa shape index (κ1) is 16.4. The van der Waals surface area contributed by atoms with Gasteiger partial charge in [0.2, 0.25) is 12.5 Å². The van der Waals surface area contributed by atoms with Crippen LogP contribution < -0.4 is 29.0 Å². The van der Waals surface area contributed by atoms with Crippen molar-refractivity contribution in [3.8, 4) is 28.7 Å². The van der Waals surface area contributed by atoms with Gasteiger partial charge in [0.05, 0.1) is 27.4 Å². The Labute approximate surface area is 150 Å². The van der Waals surface area contributed by atoms with Crippen LogP contribution in [-0.4, -0.2) is 33.9 Å². The highest BCUT2D eigenvalue weighted by atomic mass is 16.7. The summed E-state index contributed by atoms with van der Waals surface area (Å²) in [7, 11) is 4.69. The normalized spacial score (nSPS) is 17.3. The number of carbonyl (C=O) groups is 1. The SMILES string of the molecule is COc1ccc(C2CC(=O)c3cc4c(cc3N2)OCO4)c(OC)c1OC. The largest absolute Gasteiger partial charge is 0.493 e. The Bertz CT molecular complexity index is 879. The number of benzene rings is 2. The maximum Gasteiger partial charge on any atom is 0.231 e. The molecule has 0 radical (unpaired) electrons. The van der Waals surface area contributed by atoms with Crippen molar-refractivity contribution in [3.63, 3.8) is 0 Å². The highest BCUT2D eigenvalue weighted by Gasteiger charge is 2.31. The van der Waals surface area contributed by atoms with E-state index in [2.05, 4.69) is 5.32 Å². The van der Waals surface area contributed by atoms with Gasteiger partial charge in [-0.3, -0.25) is 4.79 Å². The standard InChI is InChI=1S/C19H19NO6/c1-22-15-5-4-10(18(23-2)19(15)24-3)12-7-14(21)11-6-16-17(26-9-25-16)8-13(11)20-12/h4-6,8,12,20H,7,9H2,1-3H3. The molecule has 2 aromatic carbocycles. The first-order valence-corrected chi connectivity index (χ1v) is 8.18. The molecule has 2 aromatic rings. The van der Waals surface area contributed by atoms with Crippen molar-refractivity contribution < 1.29 is 28.5 Å². The van der Waals surface area contributed by atoms with Crippen LogP contribution in [0.3, 0.4) is 0 Å². The number of rotatable bonds is 4. The molecule has 0 saturated heterocycles. The predicted octanol–water partition coefficient (Wildman–Crippen LogP) is 3.18. The van der Waals surface area contributed by atoms with Crippen LogP contribution >= 0.6 is 0 Å². The van der Waals surface area contributed by atoms with E-state index in [1.807, 2.05) is 6.07 Å². The summed E-state index contributed by atoms with van der Waals surface area (Å²) in [6.07, 6.45) is 0.290. The minimum absolute atomic E-state index is 0.0267. The molecular weight excluding hydrogens is 338 g/mol. The van der Waals surface area contributed by atoms with Crippen molar-refractivity contribution in [2.24, 2.45) is 0 Å². The minimum Gasteiger partial charge on any atom is -0.493 e. The summed E-state index contributed by atoms with van der Waals surface area (Å²) in [5.41, 5.74) is 2.14. The monoisotopic (exact) mass is 357 g/mol. The molecule has 0 saturated carbocycles. The van der Waals surface area contributed by atoms with Gasteiger partial charge in [-0.25, -0.2) is 0 Å². The van der Waals surface area contributed by atoms with Gasteiger partial charge in [0.15, 0.2) is 28.8 Å². The topological polar surface area (TPSA) is 75.3 Å². The van der Waals surface area contributed by atoms with Gasteiger partial charge in [0.25, 0.3) is 0 Å². The number of anilines is 1. The highest BCUT2D eigenvalue weighted by molar-refractivity contribution is 6.04. The lowest BCUT2D eigenvalue weighted by molar-refractivity contribution is 0.0971. The van der Waals surface area contributed by atoms with E-state index in [1.165, 1.54) is 0 Å². The van der Waals surface area contributed by atoms with Gasteiger partial charge in [-0.15, -0.1) is 0 Å². The average molecular weight is 357 g/mol. The van der Waals surface area contributed by atoms with E-state index in [1.54, 1.807) is 39.5 Å². The first-order chi connectivity index (χ1) is 12.7. The molecule has 1 unspecified atom stereocenters. The van der Waals surface area contributed by atoms with Crippen LogP contribution in [0.25, 0.3) is 0 Å². The molecular formula is C19H19NO6. The zero-order valence-electron chi connectivity index (χ0n) is 14.8. The smallest absolute Gasteiger partial charge is 0.231 e. The molecule has 0 amide bonds. The third-order valence-electron chi connectivity index (χ3n) is 4.64. The fourth-order valence-corrected chi connectivity index (χ4v) is 3.41. The van der Waals surface area contributed by atoms with E-state index in [0.29, 0.717) is 46.4 Å². The molecule has 0 spiro atoms. The molecule has 0 aliphatic carbocycles. The molecule has 1 atom stereocenters. The fraction of sp³-hybridized carbons (Fsp3) is 0.316. The molecule has 2 aliphatic heterocycles. The lowest BCUT2D eigenvalue weighted by atomic mass is 9.91. The highest BCUT2D eigenvalue weighted by Crippen LogP contribution is 2.46. The summed E-state index contributed by atoms with van der Waals surface area (Å²) in [5, 5.41) is 3.40. The number of hydrogen-bond acceptors (Lipinski definition) is 7. The van der Waals surface area contributed by atoms with E-state index >= 15 is 0 Å². The van der Waals surface area contributed by atoms with Gasteiger partial charge in [-0.1, -0.05) is 0 Å². The van der Waals surface area contributed by atoms with Gasteiger partial charge in [-0.2, -0.15) is 0 Å². The van der Waals surface area contributed by atoms with Crippen LogP contribution in [0.2, 0.25) is 0 Å². The summed E-state index contributed by atoms with van der Waals surface area (Å²) in [6, 6.07) is 6.95. The minimum atomic E-state index is -0.259. The number of ether oxygens (including phenoxy) is 5. The van der Waals surface area contributed by atoms with Crippen LogP contribution in [0.5, 0.6) is 28.7 Å². The van der Waals surface area contributed by atoms with Gasteiger partial charge in [-0.05, 0) is 18.2 Å². The lowest BCUT2D eigenvalue weighted by Crippen LogP contribution is -2.23. The third-order valence-corrected chi connectivity index (χ3v) is 4.64. The second-order valence-corrected chi connectivity index (χ2v) is 6.00. The van der Waals surface area contributed by atoms with E-state index in [4.69, 9.17) is 23.7 Å². The maximum atomic E-state index is 12.7. The number of ketones is 1. The molecule has 7 nitrogen and oxygen atoms in total. The van der Waals surface area contributed by atoms with Crippen molar-refractivity contribution in [1.29, 1.82) is 0 Å². The zero-order chi connectivity index (χ0) is 18.3. The average Bonchev–Trinajstić information content (AvgIpc) is 3.12. The van der Waals surface area contributed by atoms with Crippen molar-refractivity contribution in [2.45, 2.75) is 12.5 Å². The number of hydrogen-bond donors (Lipinski definition) is 1. The predicted molar refractivity (Wildman–Crippen MR) is 94.0 cm³/mol. The van der Waals surface area contributed by atoms with Crippen molar-refractivity contribution in [3.05, 3.63) is 35.4 Å². The maximum absolute atomic E-state index is 12.7. The molecule has 4 rings (SSSR count). The summed E-state index contributed by atoms with van der Waals surface area (Å²) < 4.78 is 27.1. The number of Topliss-reactive ketones (excluding diaryl/α,β-unsaturated/α-hetero) is 1. The zero-order valence-corrected chi connectivity index (χ0v) is 14.8. The molecule has 0 bridgehead atoms. The lowest BCUT2D eigenvalue weighted by Gasteiger charge is -2.28. The summed E-state index contributed by atoms with van der Waals surface area (Å²) >= 11 is 0. The van der Waals surface area contributed by atoms with Crippen LogP contribution in [0.4, 0.5) is 5.69 Å². The van der Waals surface area contributed by atoms with Crippen LogP contribution in [-0.2, 0) is 0 Å². The van der Waals surface area contributed by atoms with E-state index in [-0.39, 0.29) is 18.6 Å². The summed E-state index contributed by atoms with van der Waals surface area (Å²) in [4.78, 5) is 12.7. The Hall–Kier alpha value is -3.09. The Kier molecular flexibility index (Phi) is 3.99.